The molecule has 4 rings (SSSR count). The van der Waals surface area contributed by atoms with Crippen LogP contribution >= 0.6 is 0 Å². The Morgan fingerprint density at radius 3 is 2.45 bits per heavy atom. The third-order valence-corrected chi connectivity index (χ3v) is 5.02. The highest BCUT2D eigenvalue weighted by Crippen LogP contribution is 2.26. The standard InChI is InChI=1S/C22H18N4O5/c27-20-18-9-8-17(26(30)31)13-19(18)21(28)25(20)11-3-10-23-22(29)24-16-7-6-14-4-1-2-5-15(14)12-16/h1-2,4-9,12-13H,3,10-11H2,(H2,23,24,29). The zero-order chi connectivity index (χ0) is 22.0. The number of amides is 4. The maximum Gasteiger partial charge on any atom is 0.319 e. The number of urea groups is 1. The van der Waals surface area contributed by atoms with E-state index in [9.17, 15) is 24.5 Å². The maximum absolute atomic E-state index is 12.4. The number of nitro groups is 1. The van der Waals surface area contributed by atoms with Gasteiger partial charge in [-0.25, -0.2) is 4.79 Å². The van der Waals surface area contributed by atoms with Crippen LogP contribution in [0.3, 0.4) is 0 Å². The number of imide groups is 1. The van der Waals surface area contributed by atoms with Crippen LogP contribution in [-0.4, -0.2) is 40.8 Å². The second kappa shape index (κ2) is 8.23. The Labute approximate surface area is 176 Å². The van der Waals surface area contributed by atoms with Gasteiger partial charge in [-0.1, -0.05) is 30.3 Å². The van der Waals surface area contributed by atoms with Gasteiger partial charge in [0, 0.05) is 30.9 Å². The molecule has 0 radical (unpaired) electrons. The summed E-state index contributed by atoms with van der Waals surface area (Å²) in [6.45, 7) is 0.337. The summed E-state index contributed by atoms with van der Waals surface area (Å²) in [5.74, 6) is -1.06. The fourth-order valence-electron chi connectivity index (χ4n) is 3.48. The van der Waals surface area contributed by atoms with Gasteiger partial charge in [-0.2, -0.15) is 0 Å². The van der Waals surface area contributed by atoms with Crippen LogP contribution in [-0.2, 0) is 0 Å². The van der Waals surface area contributed by atoms with Crippen LogP contribution in [0.4, 0.5) is 16.2 Å². The van der Waals surface area contributed by atoms with E-state index in [1.165, 1.54) is 12.1 Å². The Kier molecular flexibility index (Phi) is 5.31. The van der Waals surface area contributed by atoms with Gasteiger partial charge in [0.15, 0.2) is 0 Å². The summed E-state index contributed by atoms with van der Waals surface area (Å²) in [6.07, 6.45) is 0.346. The van der Waals surface area contributed by atoms with Crippen LogP contribution in [0.15, 0.2) is 60.7 Å². The van der Waals surface area contributed by atoms with Crippen LogP contribution in [0.25, 0.3) is 10.8 Å². The van der Waals surface area contributed by atoms with Crippen LogP contribution in [0.5, 0.6) is 0 Å². The Morgan fingerprint density at radius 2 is 1.68 bits per heavy atom. The van der Waals surface area contributed by atoms with E-state index in [-0.39, 0.29) is 29.9 Å². The lowest BCUT2D eigenvalue weighted by molar-refractivity contribution is -0.384. The summed E-state index contributed by atoms with van der Waals surface area (Å²) in [5, 5.41) is 18.4. The number of rotatable bonds is 6. The number of nitrogens with zero attached hydrogens (tertiary/aromatic N) is 2. The zero-order valence-corrected chi connectivity index (χ0v) is 16.3. The van der Waals surface area contributed by atoms with Gasteiger partial charge in [0.25, 0.3) is 17.5 Å². The molecule has 0 aliphatic carbocycles. The molecule has 1 heterocycles. The number of hydrogen-bond donors (Lipinski definition) is 2. The van der Waals surface area contributed by atoms with Gasteiger partial charge in [0.05, 0.1) is 16.1 Å². The Balaban J connectivity index is 1.29. The second-order valence-electron chi connectivity index (χ2n) is 7.05. The smallest absolute Gasteiger partial charge is 0.319 e. The molecular weight excluding hydrogens is 400 g/mol. The molecule has 0 fully saturated rings. The van der Waals surface area contributed by atoms with Crippen molar-refractivity contribution in [1.29, 1.82) is 0 Å². The fourth-order valence-corrected chi connectivity index (χ4v) is 3.48. The molecular formula is C22H18N4O5. The van der Waals surface area contributed by atoms with Crippen molar-refractivity contribution < 1.29 is 19.3 Å². The average molecular weight is 418 g/mol. The van der Waals surface area contributed by atoms with Crippen molar-refractivity contribution in [1.82, 2.24) is 10.2 Å². The van der Waals surface area contributed by atoms with Crippen molar-refractivity contribution >= 4 is 40.0 Å². The first-order valence-corrected chi connectivity index (χ1v) is 9.62. The minimum atomic E-state index is -0.612. The molecule has 4 amide bonds. The summed E-state index contributed by atoms with van der Waals surface area (Å²) >= 11 is 0. The number of benzene rings is 3. The van der Waals surface area contributed by atoms with Crippen LogP contribution in [0.1, 0.15) is 27.1 Å². The van der Waals surface area contributed by atoms with Crippen molar-refractivity contribution in [3.8, 4) is 0 Å². The van der Waals surface area contributed by atoms with Crippen molar-refractivity contribution in [3.05, 3.63) is 81.9 Å². The van der Waals surface area contributed by atoms with Crippen LogP contribution in [0, 0.1) is 10.1 Å². The largest absolute Gasteiger partial charge is 0.338 e. The first-order valence-electron chi connectivity index (χ1n) is 9.62. The maximum atomic E-state index is 12.4. The van der Waals surface area contributed by atoms with Crippen molar-refractivity contribution in [3.63, 3.8) is 0 Å². The Morgan fingerprint density at radius 1 is 0.935 bits per heavy atom. The molecule has 0 saturated carbocycles. The lowest BCUT2D eigenvalue weighted by Gasteiger charge is -2.14. The number of fused-ring (bicyclic) bond motifs is 2. The van der Waals surface area contributed by atoms with E-state index < -0.39 is 22.8 Å². The highest BCUT2D eigenvalue weighted by Gasteiger charge is 2.36. The molecule has 156 valence electrons. The predicted molar refractivity (Wildman–Crippen MR) is 114 cm³/mol. The Bertz CT molecular complexity index is 1220. The monoisotopic (exact) mass is 418 g/mol. The van der Waals surface area contributed by atoms with E-state index in [0.29, 0.717) is 12.1 Å². The highest BCUT2D eigenvalue weighted by atomic mass is 16.6. The molecule has 9 heteroatoms. The molecule has 0 saturated heterocycles. The number of hydrogen-bond acceptors (Lipinski definition) is 5. The molecule has 0 atom stereocenters. The van der Waals surface area contributed by atoms with Gasteiger partial charge in [-0.3, -0.25) is 24.6 Å². The van der Waals surface area contributed by atoms with E-state index in [1.807, 2.05) is 36.4 Å². The topological polar surface area (TPSA) is 122 Å². The second-order valence-corrected chi connectivity index (χ2v) is 7.05. The van der Waals surface area contributed by atoms with Crippen molar-refractivity contribution in [2.75, 3.05) is 18.4 Å². The average Bonchev–Trinajstić information content (AvgIpc) is 3.00. The van der Waals surface area contributed by atoms with E-state index in [4.69, 9.17) is 0 Å². The molecule has 3 aromatic carbocycles. The molecule has 3 aromatic rings. The molecule has 0 aromatic heterocycles. The van der Waals surface area contributed by atoms with Gasteiger partial charge < -0.3 is 10.6 Å². The Hall–Kier alpha value is -4.27. The first kappa shape index (κ1) is 20.0. The van der Waals surface area contributed by atoms with E-state index in [1.54, 1.807) is 6.07 Å². The lowest BCUT2D eigenvalue weighted by Crippen LogP contribution is -2.35. The zero-order valence-electron chi connectivity index (χ0n) is 16.3. The molecule has 31 heavy (non-hydrogen) atoms. The minimum Gasteiger partial charge on any atom is -0.338 e. The molecule has 2 N–H and O–H groups in total. The molecule has 1 aliphatic heterocycles. The quantitative estimate of drug-likeness (QED) is 0.274. The number of non-ortho nitro benzene ring substituents is 1. The summed E-state index contributed by atoms with van der Waals surface area (Å²) in [5.41, 5.74) is 0.589. The number of nitrogens with one attached hydrogen (secondary N) is 2. The molecule has 0 spiro atoms. The van der Waals surface area contributed by atoms with Gasteiger partial charge in [-0.15, -0.1) is 0 Å². The number of anilines is 1. The normalized spacial score (nSPS) is 12.7. The highest BCUT2D eigenvalue weighted by molar-refractivity contribution is 6.21. The molecule has 0 unspecified atom stereocenters. The summed E-state index contributed by atoms with van der Waals surface area (Å²) < 4.78 is 0. The number of carbonyl (C=O) groups excluding carboxylic acids is 3. The molecule has 1 aliphatic rings. The van der Waals surface area contributed by atoms with Gasteiger partial charge in [-0.05, 0) is 35.4 Å². The van der Waals surface area contributed by atoms with E-state index in [2.05, 4.69) is 10.6 Å². The first-order chi connectivity index (χ1) is 14.9. The third kappa shape index (κ3) is 4.06. The van der Waals surface area contributed by atoms with Gasteiger partial charge in [0.2, 0.25) is 0 Å². The summed E-state index contributed by atoms with van der Waals surface area (Å²) in [6, 6.07) is 16.6. The van der Waals surface area contributed by atoms with Crippen LogP contribution < -0.4 is 10.6 Å². The lowest BCUT2D eigenvalue weighted by atomic mass is 10.1. The summed E-state index contributed by atoms with van der Waals surface area (Å²) in [7, 11) is 0. The van der Waals surface area contributed by atoms with Crippen molar-refractivity contribution in [2.45, 2.75) is 6.42 Å². The molecule has 0 bridgehead atoms. The minimum absolute atomic E-state index is 0.0289. The SMILES string of the molecule is O=C(NCCCN1C(=O)c2ccc([N+](=O)[O-])cc2C1=O)Nc1ccc2ccccc2c1. The number of carbonyl (C=O) groups is 3. The molecule has 9 nitrogen and oxygen atoms in total. The van der Waals surface area contributed by atoms with Gasteiger partial charge in [0.1, 0.15) is 0 Å². The van der Waals surface area contributed by atoms with Crippen molar-refractivity contribution in [2.24, 2.45) is 0 Å². The predicted octanol–water partition coefficient (Wildman–Crippen LogP) is 3.56. The fraction of sp³-hybridized carbons (Fsp3) is 0.136. The van der Waals surface area contributed by atoms with E-state index >= 15 is 0 Å². The van der Waals surface area contributed by atoms with Crippen LogP contribution in [0.2, 0.25) is 0 Å². The summed E-state index contributed by atoms with van der Waals surface area (Å²) in [4.78, 5) is 48.3. The number of nitro benzene ring substituents is 1. The third-order valence-electron chi connectivity index (χ3n) is 5.02. The van der Waals surface area contributed by atoms with Gasteiger partial charge >= 0.3 is 6.03 Å². The van der Waals surface area contributed by atoms with E-state index in [0.717, 1.165) is 21.7 Å².